The Morgan fingerprint density at radius 3 is 2.78 bits per heavy atom. The van der Waals surface area contributed by atoms with Crippen molar-refractivity contribution in [2.45, 2.75) is 6.42 Å². The number of nitrogens with one attached hydrogen (secondary N) is 1. The summed E-state index contributed by atoms with van der Waals surface area (Å²) in [7, 11) is 3.84. The maximum atomic E-state index is 12.1. The molecule has 0 heterocycles. The number of benzene rings is 1. The Balaban J connectivity index is 2.56. The number of Topliss-reactive ketones (excluding diaryl/α,β-unsaturated/α-hetero) is 1. The van der Waals surface area contributed by atoms with Crippen molar-refractivity contribution < 1.29 is 4.79 Å². The molecule has 1 aromatic rings. The Morgan fingerprint density at radius 2 is 2.11 bits per heavy atom. The van der Waals surface area contributed by atoms with Crippen LogP contribution in [-0.4, -0.2) is 44.4 Å². The first kappa shape index (κ1) is 15.4. The van der Waals surface area contributed by atoms with E-state index in [1.807, 2.05) is 19.0 Å². The number of hydrogen-bond acceptors (Lipinski definition) is 3. The van der Waals surface area contributed by atoms with Gasteiger partial charge in [-0.05, 0) is 51.8 Å². The van der Waals surface area contributed by atoms with E-state index in [9.17, 15) is 4.79 Å². The van der Waals surface area contributed by atoms with Crippen molar-refractivity contribution in [2.24, 2.45) is 0 Å². The lowest BCUT2D eigenvalue weighted by Gasteiger charge is -2.16. The highest BCUT2D eigenvalue weighted by Crippen LogP contribution is 2.21. The van der Waals surface area contributed by atoms with Gasteiger partial charge in [0, 0.05) is 10.6 Å². The highest BCUT2D eigenvalue weighted by atomic mass is 35.5. The van der Waals surface area contributed by atoms with Gasteiger partial charge in [-0.3, -0.25) is 9.69 Å². The number of likely N-dealkylation sites (N-methyl/N-ethyl adjacent to an activating group) is 1. The van der Waals surface area contributed by atoms with Gasteiger partial charge in [0.2, 0.25) is 0 Å². The molecule has 0 amide bonds. The Labute approximate surface area is 118 Å². The molecule has 0 unspecified atom stereocenters. The number of ketones is 1. The Hall–Kier alpha value is -0.610. The molecular weight excluding hydrogens is 271 g/mol. The molecule has 0 saturated heterocycles. The predicted octanol–water partition coefficient (Wildman–Crippen LogP) is 2.72. The van der Waals surface area contributed by atoms with Crippen LogP contribution in [-0.2, 0) is 0 Å². The first-order valence-electron chi connectivity index (χ1n) is 5.86. The van der Waals surface area contributed by atoms with Gasteiger partial charge in [0.25, 0.3) is 0 Å². The molecule has 0 aliphatic carbocycles. The molecule has 5 heteroatoms. The van der Waals surface area contributed by atoms with Crippen LogP contribution in [0.4, 0.5) is 0 Å². The van der Waals surface area contributed by atoms with E-state index in [1.165, 1.54) is 0 Å². The molecule has 0 fully saturated rings. The molecule has 100 valence electrons. The standard InChI is InChI=1S/C13H18Cl2N2O/c1-16-6-3-7-17(2)9-13(18)11-8-10(14)4-5-12(11)15/h4-5,8,16H,3,6-7,9H2,1-2H3. The Bertz CT molecular complexity index is 410. The molecule has 0 aromatic heterocycles. The number of nitrogens with zero attached hydrogens (tertiary/aromatic N) is 1. The molecule has 1 N–H and O–H groups in total. The third-order valence-electron chi connectivity index (χ3n) is 2.61. The maximum absolute atomic E-state index is 12.1. The van der Waals surface area contributed by atoms with Crippen LogP contribution < -0.4 is 5.32 Å². The fourth-order valence-electron chi connectivity index (χ4n) is 1.65. The van der Waals surface area contributed by atoms with Gasteiger partial charge in [0.15, 0.2) is 5.78 Å². The van der Waals surface area contributed by atoms with Gasteiger partial charge in [-0.25, -0.2) is 0 Å². The zero-order valence-electron chi connectivity index (χ0n) is 10.7. The minimum Gasteiger partial charge on any atom is -0.320 e. The zero-order chi connectivity index (χ0) is 13.5. The van der Waals surface area contributed by atoms with Crippen molar-refractivity contribution in [2.75, 3.05) is 33.7 Å². The fourth-order valence-corrected chi connectivity index (χ4v) is 2.04. The maximum Gasteiger partial charge on any atom is 0.178 e. The summed E-state index contributed by atoms with van der Waals surface area (Å²) in [5, 5.41) is 4.05. The van der Waals surface area contributed by atoms with E-state index < -0.39 is 0 Å². The smallest absolute Gasteiger partial charge is 0.178 e. The van der Waals surface area contributed by atoms with E-state index in [4.69, 9.17) is 23.2 Å². The fraction of sp³-hybridized carbons (Fsp3) is 0.462. The van der Waals surface area contributed by atoms with Gasteiger partial charge in [-0.1, -0.05) is 23.2 Å². The molecule has 0 bridgehead atoms. The minimum atomic E-state index is -0.00513. The van der Waals surface area contributed by atoms with Crippen molar-refractivity contribution in [3.63, 3.8) is 0 Å². The second-order valence-corrected chi connectivity index (χ2v) is 5.09. The van der Waals surface area contributed by atoms with E-state index in [1.54, 1.807) is 18.2 Å². The molecule has 1 aromatic carbocycles. The average Bonchev–Trinajstić information content (AvgIpc) is 2.32. The molecule has 0 spiro atoms. The van der Waals surface area contributed by atoms with E-state index in [2.05, 4.69) is 5.32 Å². The zero-order valence-corrected chi connectivity index (χ0v) is 12.2. The predicted molar refractivity (Wildman–Crippen MR) is 76.8 cm³/mol. The third-order valence-corrected chi connectivity index (χ3v) is 3.17. The quantitative estimate of drug-likeness (QED) is 0.619. The molecule has 0 aliphatic heterocycles. The first-order chi connectivity index (χ1) is 8.54. The lowest BCUT2D eigenvalue weighted by molar-refractivity contribution is 0.0946. The average molecular weight is 289 g/mol. The normalized spacial score (nSPS) is 10.9. The highest BCUT2D eigenvalue weighted by Gasteiger charge is 2.13. The lowest BCUT2D eigenvalue weighted by Crippen LogP contribution is -2.28. The minimum absolute atomic E-state index is 0.00513. The summed E-state index contributed by atoms with van der Waals surface area (Å²) in [5.74, 6) is -0.00513. The van der Waals surface area contributed by atoms with Crippen LogP contribution in [0, 0.1) is 0 Å². The SMILES string of the molecule is CNCCCN(C)CC(=O)c1cc(Cl)ccc1Cl. The number of rotatable bonds is 7. The number of halogens is 2. The van der Waals surface area contributed by atoms with Crippen molar-refractivity contribution in [1.29, 1.82) is 0 Å². The van der Waals surface area contributed by atoms with Gasteiger partial charge in [0.1, 0.15) is 0 Å². The number of hydrogen-bond donors (Lipinski definition) is 1. The summed E-state index contributed by atoms with van der Waals surface area (Å²) >= 11 is 11.9. The summed E-state index contributed by atoms with van der Waals surface area (Å²) in [6.07, 6.45) is 1.00. The van der Waals surface area contributed by atoms with Gasteiger partial charge in [-0.2, -0.15) is 0 Å². The van der Waals surface area contributed by atoms with Gasteiger partial charge >= 0.3 is 0 Å². The van der Waals surface area contributed by atoms with E-state index >= 15 is 0 Å². The molecule has 0 saturated carbocycles. The van der Waals surface area contributed by atoms with E-state index in [0.29, 0.717) is 22.2 Å². The summed E-state index contributed by atoms with van der Waals surface area (Å²) < 4.78 is 0. The monoisotopic (exact) mass is 288 g/mol. The number of carbonyl (C=O) groups is 1. The number of carbonyl (C=O) groups excluding carboxylic acids is 1. The van der Waals surface area contributed by atoms with Gasteiger partial charge in [0.05, 0.1) is 11.6 Å². The van der Waals surface area contributed by atoms with Gasteiger partial charge < -0.3 is 5.32 Å². The third kappa shape index (κ3) is 4.94. The Morgan fingerprint density at radius 1 is 1.39 bits per heavy atom. The van der Waals surface area contributed by atoms with E-state index in [-0.39, 0.29) is 5.78 Å². The second-order valence-electron chi connectivity index (χ2n) is 4.24. The summed E-state index contributed by atoms with van der Waals surface area (Å²) in [4.78, 5) is 14.0. The van der Waals surface area contributed by atoms with Crippen LogP contribution in [0.25, 0.3) is 0 Å². The second kappa shape index (κ2) is 7.74. The van der Waals surface area contributed by atoms with Crippen LogP contribution in [0.2, 0.25) is 10.0 Å². The topological polar surface area (TPSA) is 32.3 Å². The van der Waals surface area contributed by atoms with Crippen LogP contribution >= 0.6 is 23.2 Å². The van der Waals surface area contributed by atoms with Crippen molar-refractivity contribution >= 4 is 29.0 Å². The molecule has 0 atom stereocenters. The van der Waals surface area contributed by atoms with Gasteiger partial charge in [-0.15, -0.1) is 0 Å². The molecule has 1 rings (SSSR count). The lowest BCUT2D eigenvalue weighted by atomic mass is 10.1. The van der Waals surface area contributed by atoms with Crippen molar-refractivity contribution in [3.05, 3.63) is 33.8 Å². The first-order valence-corrected chi connectivity index (χ1v) is 6.61. The van der Waals surface area contributed by atoms with Crippen LogP contribution in [0.15, 0.2) is 18.2 Å². The molecule has 18 heavy (non-hydrogen) atoms. The van der Waals surface area contributed by atoms with Crippen molar-refractivity contribution in [1.82, 2.24) is 10.2 Å². The summed E-state index contributed by atoms with van der Waals surface area (Å²) in [6.45, 7) is 2.16. The van der Waals surface area contributed by atoms with Crippen molar-refractivity contribution in [3.8, 4) is 0 Å². The largest absolute Gasteiger partial charge is 0.320 e. The Kier molecular flexibility index (Phi) is 6.65. The molecule has 0 aliphatic rings. The molecular formula is C13H18Cl2N2O. The van der Waals surface area contributed by atoms with Crippen LogP contribution in [0.1, 0.15) is 16.8 Å². The molecule has 3 nitrogen and oxygen atoms in total. The molecule has 0 radical (unpaired) electrons. The summed E-state index contributed by atoms with van der Waals surface area (Å²) in [6, 6.07) is 4.95. The highest BCUT2D eigenvalue weighted by molar-refractivity contribution is 6.36. The summed E-state index contributed by atoms with van der Waals surface area (Å²) in [5.41, 5.74) is 0.490. The van der Waals surface area contributed by atoms with Crippen LogP contribution in [0.3, 0.4) is 0 Å². The van der Waals surface area contributed by atoms with Crippen LogP contribution in [0.5, 0.6) is 0 Å². The van der Waals surface area contributed by atoms with E-state index in [0.717, 1.165) is 19.5 Å².